The van der Waals surface area contributed by atoms with Crippen LogP contribution in [0.15, 0.2) is 4.99 Å². The lowest BCUT2D eigenvalue weighted by molar-refractivity contribution is 0.0452. The molecule has 0 aliphatic heterocycles. The van der Waals surface area contributed by atoms with E-state index in [0.717, 1.165) is 38.3 Å². The van der Waals surface area contributed by atoms with Gasteiger partial charge in [-0.3, -0.25) is 4.99 Å². The van der Waals surface area contributed by atoms with E-state index >= 15 is 0 Å². The zero-order valence-corrected chi connectivity index (χ0v) is 19.9. The van der Waals surface area contributed by atoms with E-state index in [9.17, 15) is 4.79 Å². The van der Waals surface area contributed by atoms with E-state index in [1.165, 1.54) is 0 Å². The number of guanidine groups is 1. The molecule has 0 radical (unpaired) electrons. The van der Waals surface area contributed by atoms with Gasteiger partial charge in [-0.1, -0.05) is 13.8 Å². The summed E-state index contributed by atoms with van der Waals surface area (Å²) >= 11 is 0. The maximum Gasteiger partial charge on any atom is 0.408 e. The Kier molecular flexibility index (Phi) is 15.1. The summed E-state index contributed by atoms with van der Waals surface area (Å²) in [6.07, 6.45) is 2.05. The molecular formula is C18H39IN4O3. The highest BCUT2D eigenvalue weighted by molar-refractivity contribution is 14.0. The first-order valence-electron chi connectivity index (χ1n) is 9.24. The number of ether oxygens (including phenoxy) is 2. The largest absolute Gasteiger partial charge is 0.444 e. The summed E-state index contributed by atoms with van der Waals surface area (Å²) in [5.41, 5.74) is -0.935. The predicted octanol–water partition coefficient (Wildman–Crippen LogP) is 3.28. The van der Waals surface area contributed by atoms with Gasteiger partial charge in [-0.15, -0.1) is 24.0 Å². The van der Waals surface area contributed by atoms with Crippen molar-refractivity contribution < 1.29 is 14.3 Å². The van der Waals surface area contributed by atoms with Crippen LogP contribution in [0, 0.1) is 0 Å². The zero-order chi connectivity index (χ0) is 19.3. The maximum absolute atomic E-state index is 12.2. The number of nitrogens with zero attached hydrogens (tertiary/aromatic N) is 1. The van der Waals surface area contributed by atoms with Gasteiger partial charge in [0.05, 0.1) is 12.1 Å². The molecule has 0 rings (SSSR count). The van der Waals surface area contributed by atoms with E-state index in [2.05, 4.69) is 34.8 Å². The molecule has 3 N–H and O–H groups in total. The van der Waals surface area contributed by atoms with Crippen LogP contribution >= 0.6 is 24.0 Å². The summed E-state index contributed by atoms with van der Waals surface area (Å²) in [4.78, 5) is 16.8. The van der Waals surface area contributed by atoms with E-state index in [0.29, 0.717) is 13.2 Å². The van der Waals surface area contributed by atoms with Gasteiger partial charge in [0.1, 0.15) is 5.60 Å². The lowest BCUT2D eigenvalue weighted by Crippen LogP contribution is -2.52. The Balaban J connectivity index is 0. The number of alkyl carbamates (subject to hydrolysis) is 1. The highest BCUT2D eigenvalue weighted by atomic mass is 127. The van der Waals surface area contributed by atoms with Crippen LogP contribution in [0.4, 0.5) is 4.79 Å². The van der Waals surface area contributed by atoms with Crippen LogP contribution in [0.25, 0.3) is 0 Å². The molecule has 156 valence electrons. The van der Waals surface area contributed by atoms with Crippen LogP contribution in [0.5, 0.6) is 0 Å². The molecule has 0 aliphatic rings. The van der Waals surface area contributed by atoms with E-state index in [4.69, 9.17) is 9.47 Å². The maximum atomic E-state index is 12.2. The lowest BCUT2D eigenvalue weighted by Gasteiger charge is -2.32. The third-order valence-electron chi connectivity index (χ3n) is 3.82. The molecule has 0 aliphatic carbocycles. The molecule has 8 heteroatoms. The SMILES string of the molecule is CCNC(=NCC(CC)(CC)NC(=O)OC(C)(C)C)NCCCOC.I. The van der Waals surface area contributed by atoms with Gasteiger partial charge in [0.15, 0.2) is 5.96 Å². The highest BCUT2D eigenvalue weighted by Crippen LogP contribution is 2.17. The molecule has 0 saturated heterocycles. The van der Waals surface area contributed by atoms with Crippen LogP contribution in [0.2, 0.25) is 0 Å². The normalized spacial score (nSPS) is 12.2. The molecule has 0 aromatic carbocycles. The number of carbonyl (C=O) groups is 1. The molecule has 0 heterocycles. The summed E-state index contributed by atoms with van der Waals surface area (Å²) in [5.74, 6) is 0.746. The van der Waals surface area contributed by atoms with Crippen molar-refractivity contribution in [1.29, 1.82) is 0 Å². The topological polar surface area (TPSA) is 84.0 Å². The molecule has 0 aromatic heterocycles. The van der Waals surface area contributed by atoms with Crippen molar-refractivity contribution in [2.75, 3.05) is 33.4 Å². The first-order valence-corrected chi connectivity index (χ1v) is 9.24. The average molecular weight is 486 g/mol. The van der Waals surface area contributed by atoms with Gasteiger partial charge >= 0.3 is 6.09 Å². The number of methoxy groups -OCH3 is 1. The minimum Gasteiger partial charge on any atom is -0.444 e. The van der Waals surface area contributed by atoms with Crippen molar-refractivity contribution in [3.63, 3.8) is 0 Å². The minimum absolute atomic E-state index is 0. The molecule has 26 heavy (non-hydrogen) atoms. The second-order valence-electron chi connectivity index (χ2n) is 7.08. The van der Waals surface area contributed by atoms with Crippen molar-refractivity contribution >= 4 is 36.0 Å². The van der Waals surface area contributed by atoms with E-state index in [1.807, 2.05) is 27.7 Å². The van der Waals surface area contributed by atoms with Gasteiger partial charge in [0, 0.05) is 26.8 Å². The van der Waals surface area contributed by atoms with Crippen molar-refractivity contribution in [2.45, 2.75) is 71.9 Å². The number of hydrogen-bond donors (Lipinski definition) is 3. The number of amides is 1. The van der Waals surface area contributed by atoms with Crippen LogP contribution < -0.4 is 16.0 Å². The minimum atomic E-state index is -0.515. The van der Waals surface area contributed by atoms with Gasteiger partial charge in [0.2, 0.25) is 0 Å². The third-order valence-corrected chi connectivity index (χ3v) is 3.82. The first-order chi connectivity index (χ1) is 11.7. The molecule has 0 unspecified atom stereocenters. The molecule has 0 spiro atoms. The number of halogens is 1. The van der Waals surface area contributed by atoms with Crippen molar-refractivity contribution in [1.82, 2.24) is 16.0 Å². The fourth-order valence-corrected chi connectivity index (χ4v) is 2.21. The van der Waals surface area contributed by atoms with E-state index in [1.54, 1.807) is 7.11 Å². The highest BCUT2D eigenvalue weighted by Gasteiger charge is 2.30. The lowest BCUT2D eigenvalue weighted by atomic mass is 9.93. The fourth-order valence-electron chi connectivity index (χ4n) is 2.21. The van der Waals surface area contributed by atoms with E-state index < -0.39 is 17.2 Å². The van der Waals surface area contributed by atoms with Crippen LogP contribution in [0.3, 0.4) is 0 Å². The van der Waals surface area contributed by atoms with Crippen LogP contribution in [-0.4, -0.2) is 56.5 Å². The smallest absolute Gasteiger partial charge is 0.408 e. The third kappa shape index (κ3) is 12.6. The van der Waals surface area contributed by atoms with Crippen LogP contribution in [-0.2, 0) is 9.47 Å². The van der Waals surface area contributed by atoms with E-state index in [-0.39, 0.29) is 24.0 Å². The molecule has 0 saturated carbocycles. The second-order valence-corrected chi connectivity index (χ2v) is 7.08. The van der Waals surface area contributed by atoms with Crippen molar-refractivity contribution in [3.05, 3.63) is 0 Å². The summed E-state index contributed by atoms with van der Waals surface area (Å²) in [6.45, 7) is 14.5. The molecule has 7 nitrogen and oxygen atoms in total. The molecule has 0 atom stereocenters. The summed E-state index contributed by atoms with van der Waals surface area (Å²) < 4.78 is 10.5. The number of hydrogen-bond acceptors (Lipinski definition) is 4. The monoisotopic (exact) mass is 486 g/mol. The standard InChI is InChI=1S/C18H38N4O3.HI/c1-8-18(9-2,22-16(23)25-17(4,5)6)14-21-15(19-10-3)20-12-11-13-24-7;/h8-14H2,1-7H3,(H,22,23)(H2,19,20,21);1H. The zero-order valence-electron chi connectivity index (χ0n) is 17.5. The Labute approximate surface area is 176 Å². The number of aliphatic imine (C=N–C) groups is 1. The Hall–Kier alpha value is -0.770. The predicted molar refractivity (Wildman–Crippen MR) is 119 cm³/mol. The molecule has 0 aromatic rings. The van der Waals surface area contributed by atoms with Gasteiger partial charge in [-0.2, -0.15) is 0 Å². The summed E-state index contributed by atoms with van der Waals surface area (Å²) in [6, 6.07) is 0. The summed E-state index contributed by atoms with van der Waals surface area (Å²) in [5, 5.41) is 9.53. The first kappa shape index (κ1) is 27.4. The quantitative estimate of drug-likeness (QED) is 0.191. The molecule has 0 fully saturated rings. The molecule has 1 amide bonds. The summed E-state index contributed by atoms with van der Waals surface area (Å²) in [7, 11) is 1.69. The van der Waals surface area contributed by atoms with Gasteiger partial charge < -0.3 is 25.4 Å². The Bertz CT molecular complexity index is 408. The van der Waals surface area contributed by atoms with Gasteiger partial charge in [-0.25, -0.2) is 4.79 Å². The van der Waals surface area contributed by atoms with Gasteiger partial charge in [-0.05, 0) is 47.0 Å². The van der Waals surface area contributed by atoms with Crippen molar-refractivity contribution in [2.24, 2.45) is 4.99 Å². The Morgan fingerprint density at radius 3 is 2.15 bits per heavy atom. The van der Waals surface area contributed by atoms with Crippen LogP contribution in [0.1, 0.15) is 60.8 Å². The molecular weight excluding hydrogens is 447 g/mol. The Morgan fingerprint density at radius 2 is 1.69 bits per heavy atom. The Morgan fingerprint density at radius 1 is 1.08 bits per heavy atom. The molecule has 0 bridgehead atoms. The van der Waals surface area contributed by atoms with Crippen molar-refractivity contribution in [3.8, 4) is 0 Å². The second kappa shape index (κ2) is 14.3. The fraction of sp³-hybridized carbons (Fsp3) is 0.889. The number of rotatable bonds is 10. The number of nitrogens with one attached hydrogen (secondary N) is 3. The number of carbonyl (C=O) groups excluding carboxylic acids is 1. The average Bonchev–Trinajstić information content (AvgIpc) is 2.53. The van der Waals surface area contributed by atoms with Gasteiger partial charge in [0.25, 0.3) is 0 Å².